The quantitative estimate of drug-likeness (QED) is 0.692. The van der Waals surface area contributed by atoms with Crippen LogP contribution in [0.3, 0.4) is 0 Å². The van der Waals surface area contributed by atoms with E-state index in [9.17, 15) is 8.42 Å². The van der Waals surface area contributed by atoms with E-state index in [1.165, 1.54) is 5.57 Å². The van der Waals surface area contributed by atoms with Crippen LogP contribution in [0.25, 0.3) is 0 Å². The minimum Gasteiger partial charge on any atom is -0.380 e. The summed E-state index contributed by atoms with van der Waals surface area (Å²) in [5.74, 6) is 0. The van der Waals surface area contributed by atoms with Crippen molar-refractivity contribution in [2.45, 2.75) is 18.2 Å². The summed E-state index contributed by atoms with van der Waals surface area (Å²) in [7, 11) is -3.44. The fourth-order valence-corrected chi connectivity index (χ4v) is 3.38. The van der Waals surface area contributed by atoms with Crippen LogP contribution < -0.4 is 15.4 Å². The van der Waals surface area contributed by atoms with Gasteiger partial charge in [0.25, 0.3) is 0 Å². The Morgan fingerprint density at radius 1 is 1.30 bits per heavy atom. The molecule has 110 valence electrons. The van der Waals surface area contributed by atoms with Crippen molar-refractivity contribution in [1.82, 2.24) is 10.0 Å². The summed E-state index contributed by atoms with van der Waals surface area (Å²) in [6.45, 7) is 4.69. The fourth-order valence-electron chi connectivity index (χ4n) is 2.15. The van der Waals surface area contributed by atoms with Gasteiger partial charge in [-0.1, -0.05) is 30.7 Å². The van der Waals surface area contributed by atoms with Crippen LogP contribution in [-0.2, 0) is 10.0 Å². The first-order valence-corrected chi connectivity index (χ1v) is 8.33. The van der Waals surface area contributed by atoms with Gasteiger partial charge in [-0.25, -0.2) is 13.1 Å². The lowest BCUT2D eigenvalue weighted by Gasteiger charge is -2.17. The Balaban J connectivity index is 2.14. The van der Waals surface area contributed by atoms with Crippen LogP contribution in [0.2, 0.25) is 0 Å². The van der Waals surface area contributed by atoms with E-state index in [1.807, 2.05) is 6.07 Å². The lowest BCUT2D eigenvalue weighted by Crippen LogP contribution is -2.25. The van der Waals surface area contributed by atoms with E-state index in [4.69, 9.17) is 0 Å². The van der Waals surface area contributed by atoms with Crippen molar-refractivity contribution in [2.75, 3.05) is 31.5 Å². The van der Waals surface area contributed by atoms with Gasteiger partial charge in [-0.05, 0) is 25.1 Å². The van der Waals surface area contributed by atoms with Crippen molar-refractivity contribution in [3.8, 4) is 0 Å². The highest BCUT2D eigenvalue weighted by Crippen LogP contribution is 2.21. The van der Waals surface area contributed by atoms with E-state index in [0.29, 0.717) is 23.7 Å². The molecule has 0 unspecified atom stereocenters. The molecule has 0 aliphatic carbocycles. The van der Waals surface area contributed by atoms with Gasteiger partial charge in [0.2, 0.25) is 10.0 Å². The smallest absolute Gasteiger partial charge is 0.242 e. The molecule has 0 aromatic heterocycles. The second kappa shape index (κ2) is 6.88. The molecule has 0 atom stereocenters. The molecule has 1 heterocycles. The third-order valence-corrected chi connectivity index (χ3v) is 4.78. The van der Waals surface area contributed by atoms with Crippen LogP contribution in [0, 0.1) is 0 Å². The molecule has 0 fully saturated rings. The highest BCUT2D eigenvalue weighted by Gasteiger charge is 2.17. The summed E-state index contributed by atoms with van der Waals surface area (Å²) in [4.78, 5) is 0.302. The number of hydrogen-bond acceptors (Lipinski definition) is 4. The average molecular weight is 295 g/mol. The van der Waals surface area contributed by atoms with Crippen molar-refractivity contribution in [3.63, 3.8) is 0 Å². The van der Waals surface area contributed by atoms with E-state index in [-0.39, 0.29) is 0 Å². The lowest BCUT2D eigenvalue weighted by atomic mass is 10.1. The Labute approximate surface area is 120 Å². The Morgan fingerprint density at radius 3 is 2.80 bits per heavy atom. The van der Waals surface area contributed by atoms with E-state index in [1.54, 1.807) is 25.1 Å². The van der Waals surface area contributed by atoms with Gasteiger partial charge in [0.05, 0.1) is 5.69 Å². The summed E-state index contributed by atoms with van der Waals surface area (Å²) in [6.07, 6.45) is 3.15. The monoisotopic (exact) mass is 295 g/mol. The molecule has 0 saturated heterocycles. The summed E-state index contributed by atoms with van der Waals surface area (Å²) in [5.41, 5.74) is 1.95. The maximum absolute atomic E-state index is 12.1. The van der Waals surface area contributed by atoms with Crippen molar-refractivity contribution < 1.29 is 8.42 Å². The molecule has 1 aromatic carbocycles. The highest BCUT2D eigenvalue weighted by atomic mass is 32.2. The Morgan fingerprint density at radius 2 is 2.10 bits per heavy atom. The van der Waals surface area contributed by atoms with E-state index in [0.717, 1.165) is 19.5 Å². The minimum atomic E-state index is -3.44. The molecule has 0 bridgehead atoms. The zero-order valence-corrected chi connectivity index (χ0v) is 12.5. The number of para-hydroxylation sites is 1. The fraction of sp³-hybridized carbons (Fsp3) is 0.429. The maximum Gasteiger partial charge on any atom is 0.242 e. The summed E-state index contributed by atoms with van der Waals surface area (Å²) in [6, 6.07) is 6.99. The van der Waals surface area contributed by atoms with Crippen LogP contribution in [0.1, 0.15) is 13.3 Å². The van der Waals surface area contributed by atoms with Crippen molar-refractivity contribution >= 4 is 15.7 Å². The first kappa shape index (κ1) is 15.0. The molecule has 3 N–H and O–H groups in total. The highest BCUT2D eigenvalue weighted by molar-refractivity contribution is 7.89. The standard InChI is InChI=1S/C14H21N3O2S/c1-2-17-20(18,19)14-6-4-3-5-13(14)16-11-12-7-9-15-10-8-12/h3-7,15-17H,2,8-11H2,1H3. The molecule has 0 amide bonds. The molecule has 0 spiro atoms. The second-order valence-electron chi connectivity index (χ2n) is 4.67. The minimum absolute atomic E-state index is 0.302. The summed E-state index contributed by atoms with van der Waals surface area (Å²) >= 11 is 0. The molecule has 1 aliphatic rings. The van der Waals surface area contributed by atoms with Gasteiger partial charge >= 0.3 is 0 Å². The predicted molar refractivity (Wildman–Crippen MR) is 81.4 cm³/mol. The zero-order valence-electron chi connectivity index (χ0n) is 11.6. The molecule has 20 heavy (non-hydrogen) atoms. The predicted octanol–water partition coefficient (Wildman–Crippen LogP) is 1.32. The summed E-state index contributed by atoms with van der Waals surface area (Å²) < 4.78 is 26.8. The number of sulfonamides is 1. The van der Waals surface area contributed by atoms with Crippen molar-refractivity contribution in [2.24, 2.45) is 0 Å². The van der Waals surface area contributed by atoms with Gasteiger partial charge in [-0.2, -0.15) is 0 Å². The van der Waals surface area contributed by atoms with Crippen LogP contribution >= 0.6 is 0 Å². The van der Waals surface area contributed by atoms with Gasteiger partial charge in [0.15, 0.2) is 0 Å². The van der Waals surface area contributed by atoms with Crippen molar-refractivity contribution in [1.29, 1.82) is 0 Å². The lowest BCUT2D eigenvalue weighted by molar-refractivity contribution is 0.584. The Bertz CT molecular complexity index is 582. The molecule has 1 aliphatic heterocycles. The van der Waals surface area contributed by atoms with Gasteiger partial charge in [0, 0.05) is 19.6 Å². The Hall–Kier alpha value is -1.37. The van der Waals surface area contributed by atoms with Crippen molar-refractivity contribution in [3.05, 3.63) is 35.9 Å². The second-order valence-corrected chi connectivity index (χ2v) is 6.40. The largest absolute Gasteiger partial charge is 0.380 e. The third-order valence-electron chi connectivity index (χ3n) is 3.17. The van der Waals surface area contributed by atoms with Crippen LogP contribution in [0.5, 0.6) is 0 Å². The number of nitrogens with one attached hydrogen (secondary N) is 3. The van der Waals surface area contributed by atoms with Gasteiger partial charge in [-0.15, -0.1) is 0 Å². The molecular formula is C14H21N3O2S. The van der Waals surface area contributed by atoms with Gasteiger partial charge < -0.3 is 10.6 Å². The first-order valence-electron chi connectivity index (χ1n) is 6.84. The zero-order chi connectivity index (χ0) is 14.4. The van der Waals surface area contributed by atoms with Gasteiger partial charge in [0.1, 0.15) is 4.90 Å². The molecule has 1 aromatic rings. The normalized spacial score (nSPS) is 15.8. The third kappa shape index (κ3) is 3.82. The van der Waals surface area contributed by atoms with Gasteiger partial charge in [-0.3, -0.25) is 0 Å². The van der Waals surface area contributed by atoms with Crippen LogP contribution in [0.15, 0.2) is 40.8 Å². The molecule has 5 nitrogen and oxygen atoms in total. The Kier molecular flexibility index (Phi) is 5.17. The number of hydrogen-bond donors (Lipinski definition) is 3. The molecule has 2 rings (SSSR count). The first-order chi connectivity index (χ1) is 9.63. The molecule has 0 radical (unpaired) electrons. The molecular weight excluding hydrogens is 274 g/mol. The summed E-state index contributed by atoms with van der Waals surface area (Å²) in [5, 5.41) is 6.49. The average Bonchev–Trinajstić information content (AvgIpc) is 2.46. The van der Waals surface area contributed by atoms with E-state index < -0.39 is 10.0 Å². The SMILES string of the molecule is CCNS(=O)(=O)c1ccccc1NCC1=CCNCC1. The van der Waals surface area contributed by atoms with Crippen LogP contribution in [-0.4, -0.2) is 34.6 Å². The maximum atomic E-state index is 12.1. The number of rotatable bonds is 6. The number of anilines is 1. The number of benzene rings is 1. The van der Waals surface area contributed by atoms with E-state index >= 15 is 0 Å². The molecule has 6 heteroatoms. The topological polar surface area (TPSA) is 70.2 Å². The molecule has 0 saturated carbocycles. The van der Waals surface area contributed by atoms with E-state index in [2.05, 4.69) is 21.4 Å². The van der Waals surface area contributed by atoms with Crippen LogP contribution in [0.4, 0.5) is 5.69 Å².